The normalized spacial score (nSPS) is 11.9. The smallest absolute Gasteiger partial charge is 0.251 e. The van der Waals surface area contributed by atoms with Crippen LogP contribution in [0, 0.1) is 0 Å². The number of hydrogen-bond acceptors (Lipinski definition) is 4. The van der Waals surface area contributed by atoms with Crippen molar-refractivity contribution in [2.24, 2.45) is 0 Å². The van der Waals surface area contributed by atoms with E-state index in [0.717, 1.165) is 33.4 Å². The molecule has 1 unspecified atom stereocenters. The molecule has 1 atom stereocenters. The molecule has 7 nitrogen and oxygen atoms in total. The fourth-order valence-electron chi connectivity index (χ4n) is 4.20. The predicted octanol–water partition coefficient (Wildman–Crippen LogP) is 4.38. The Morgan fingerprint density at radius 1 is 1.03 bits per heavy atom. The summed E-state index contributed by atoms with van der Waals surface area (Å²) in [6, 6.07) is 24.1. The number of aromatic nitrogens is 4. The largest absolute Gasteiger partial charge is 0.378 e. The molecule has 0 aliphatic rings. The molecule has 0 radical (unpaired) electrons. The van der Waals surface area contributed by atoms with Crippen molar-refractivity contribution in [1.82, 2.24) is 25.1 Å². The lowest BCUT2D eigenvalue weighted by molar-refractivity contribution is 0.0952. The Morgan fingerprint density at radius 3 is 2.50 bits per heavy atom. The standard InChI is InChI=1S/C27H26N6O/c1-32(2)21-11-7-19(8-12-21)24(25-16-29-26-6-4-3-5-23(25)26)15-30-27(34)20-9-13-22(14-10-20)33-18-28-17-31-33/h3-14,16-18,24,29H,15H2,1-2H3,(H,30,34). The van der Waals surface area contributed by atoms with Crippen LogP contribution in [-0.2, 0) is 0 Å². The summed E-state index contributed by atoms with van der Waals surface area (Å²) in [5.74, 6) is -0.106. The molecule has 0 aliphatic carbocycles. The van der Waals surface area contributed by atoms with Crippen LogP contribution in [0.3, 0.4) is 0 Å². The molecule has 7 heteroatoms. The lowest BCUT2D eigenvalue weighted by Gasteiger charge is -2.20. The fourth-order valence-corrected chi connectivity index (χ4v) is 4.20. The van der Waals surface area contributed by atoms with Crippen LogP contribution >= 0.6 is 0 Å². The first-order valence-corrected chi connectivity index (χ1v) is 11.2. The van der Waals surface area contributed by atoms with Crippen LogP contribution < -0.4 is 10.2 Å². The molecule has 0 spiro atoms. The highest BCUT2D eigenvalue weighted by Crippen LogP contribution is 2.31. The van der Waals surface area contributed by atoms with Crippen LogP contribution in [0.4, 0.5) is 5.69 Å². The molecule has 170 valence electrons. The first-order chi connectivity index (χ1) is 16.6. The second-order valence-corrected chi connectivity index (χ2v) is 8.43. The summed E-state index contributed by atoms with van der Waals surface area (Å²) in [5, 5.41) is 8.43. The van der Waals surface area contributed by atoms with Crippen LogP contribution in [0.25, 0.3) is 16.6 Å². The number of amides is 1. The molecule has 2 heterocycles. The number of nitrogens with one attached hydrogen (secondary N) is 2. The van der Waals surface area contributed by atoms with Gasteiger partial charge in [-0.3, -0.25) is 4.79 Å². The number of para-hydroxylation sites is 1. The molecule has 2 N–H and O–H groups in total. The molecular formula is C27H26N6O. The first-order valence-electron chi connectivity index (χ1n) is 11.2. The van der Waals surface area contributed by atoms with Crippen molar-refractivity contribution >= 4 is 22.5 Å². The number of carbonyl (C=O) groups excluding carboxylic acids is 1. The van der Waals surface area contributed by atoms with E-state index in [4.69, 9.17) is 0 Å². The fraction of sp³-hybridized carbons (Fsp3) is 0.148. The highest BCUT2D eigenvalue weighted by atomic mass is 16.1. The number of hydrogen-bond donors (Lipinski definition) is 2. The average Bonchev–Trinajstić information content (AvgIpc) is 3.55. The van der Waals surface area contributed by atoms with Gasteiger partial charge in [-0.15, -0.1) is 0 Å². The molecule has 2 aromatic heterocycles. The van der Waals surface area contributed by atoms with E-state index in [1.807, 2.05) is 44.6 Å². The van der Waals surface area contributed by atoms with Gasteiger partial charge in [0.2, 0.25) is 0 Å². The molecule has 5 rings (SSSR count). The van der Waals surface area contributed by atoms with E-state index in [-0.39, 0.29) is 11.8 Å². The predicted molar refractivity (Wildman–Crippen MR) is 135 cm³/mol. The Balaban J connectivity index is 1.40. The number of aromatic amines is 1. The third kappa shape index (κ3) is 4.28. The summed E-state index contributed by atoms with van der Waals surface area (Å²) >= 11 is 0. The molecule has 1 amide bonds. The zero-order chi connectivity index (χ0) is 23.5. The van der Waals surface area contributed by atoms with Gasteiger partial charge in [0.25, 0.3) is 5.91 Å². The Morgan fingerprint density at radius 2 is 1.79 bits per heavy atom. The number of fused-ring (bicyclic) bond motifs is 1. The van der Waals surface area contributed by atoms with Gasteiger partial charge in [0.15, 0.2) is 0 Å². The van der Waals surface area contributed by atoms with Crippen molar-refractivity contribution in [2.75, 3.05) is 25.5 Å². The lowest BCUT2D eigenvalue weighted by Crippen LogP contribution is -2.29. The minimum atomic E-state index is -0.111. The lowest BCUT2D eigenvalue weighted by atomic mass is 9.90. The van der Waals surface area contributed by atoms with Gasteiger partial charge in [0.05, 0.1) is 5.69 Å². The average molecular weight is 451 g/mol. The van der Waals surface area contributed by atoms with E-state index in [9.17, 15) is 4.79 Å². The molecule has 0 saturated heterocycles. The molecule has 0 aliphatic heterocycles. The number of nitrogens with zero attached hydrogens (tertiary/aromatic N) is 4. The van der Waals surface area contributed by atoms with Gasteiger partial charge in [-0.2, -0.15) is 5.10 Å². The topological polar surface area (TPSA) is 78.8 Å². The van der Waals surface area contributed by atoms with Crippen molar-refractivity contribution in [3.05, 3.63) is 108 Å². The zero-order valence-corrected chi connectivity index (χ0v) is 19.1. The van der Waals surface area contributed by atoms with Crippen LogP contribution in [0.1, 0.15) is 27.4 Å². The first kappa shape index (κ1) is 21.5. The van der Waals surface area contributed by atoms with Gasteiger partial charge in [-0.25, -0.2) is 9.67 Å². The van der Waals surface area contributed by atoms with Gasteiger partial charge in [-0.05, 0) is 53.6 Å². The van der Waals surface area contributed by atoms with Gasteiger partial charge in [0.1, 0.15) is 12.7 Å². The third-order valence-electron chi connectivity index (χ3n) is 6.09. The number of carbonyl (C=O) groups is 1. The van der Waals surface area contributed by atoms with Gasteiger partial charge < -0.3 is 15.2 Å². The highest BCUT2D eigenvalue weighted by Gasteiger charge is 2.20. The summed E-state index contributed by atoms with van der Waals surface area (Å²) in [4.78, 5) is 22.4. The molecule has 0 fully saturated rings. The van der Waals surface area contributed by atoms with E-state index in [1.54, 1.807) is 23.1 Å². The minimum absolute atomic E-state index is 0.00531. The van der Waals surface area contributed by atoms with E-state index < -0.39 is 0 Å². The van der Waals surface area contributed by atoms with Crippen LogP contribution in [-0.4, -0.2) is 46.3 Å². The maximum absolute atomic E-state index is 13.0. The second kappa shape index (κ2) is 9.23. The number of anilines is 1. The minimum Gasteiger partial charge on any atom is -0.378 e. The maximum atomic E-state index is 13.0. The van der Waals surface area contributed by atoms with Crippen molar-refractivity contribution in [1.29, 1.82) is 0 Å². The summed E-state index contributed by atoms with van der Waals surface area (Å²) in [6.07, 6.45) is 5.16. The Bertz CT molecular complexity index is 1390. The number of rotatable bonds is 7. The van der Waals surface area contributed by atoms with Crippen molar-refractivity contribution < 1.29 is 4.79 Å². The molecule has 34 heavy (non-hydrogen) atoms. The monoisotopic (exact) mass is 450 g/mol. The Hall–Kier alpha value is -4.39. The quantitative estimate of drug-likeness (QED) is 0.386. The molecule has 5 aromatic rings. The van der Waals surface area contributed by atoms with E-state index in [2.05, 4.69) is 61.7 Å². The van der Waals surface area contributed by atoms with Crippen LogP contribution in [0.2, 0.25) is 0 Å². The third-order valence-corrected chi connectivity index (χ3v) is 6.09. The second-order valence-electron chi connectivity index (χ2n) is 8.43. The van der Waals surface area contributed by atoms with E-state index in [1.165, 1.54) is 6.33 Å². The summed E-state index contributed by atoms with van der Waals surface area (Å²) in [6.45, 7) is 0.479. The molecule has 3 aromatic carbocycles. The van der Waals surface area contributed by atoms with E-state index >= 15 is 0 Å². The molecule has 0 bridgehead atoms. The number of benzene rings is 3. The van der Waals surface area contributed by atoms with Crippen molar-refractivity contribution in [3.8, 4) is 5.69 Å². The van der Waals surface area contributed by atoms with Gasteiger partial charge >= 0.3 is 0 Å². The molecule has 0 saturated carbocycles. The van der Waals surface area contributed by atoms with Crippen molar-refractivity contribution in [2.45, 2.75) is 5.92 Å². The number of H-pyrrole nitrogens is 1. The van der Waals surface area contributed by atoms with E-state index in [0.29, 0.717) is 12.1 Å². The maximum Gasteiger partial charge on any atom is 0.251 e. The summed E-state index contributed by atoms with van der Waals surface area (Å²) in [5.41, 5.74) is 5.99. The Kier molecular flexibility index (Phi) is 5.82. The summed E-state index contributed by atoms with van der Waals surface area (Å²) < 4.78 is 1.66. The summed E-state index contributed by atoms with van der Waals surface area (Å²) in [7, 11) is 4.06. The SMILES string of the molecule is CN(C)c1ccc(C(CNC(=O)c2ccc(-n3cncn3)cc2)c2c[nH]c3ccccc23)cc1. The van der Waals surface area contributed by atoms with Gasteiger partial charge in [0, 0.05) is 54.9 Å². The van der Waals surface area contributed by atoms with Crippen molar-refractivity contribution in [3.63, 3.8) is 0 Å². The molecular weight excluding hydrogens is 424 g/mol. The highest BCUT2D eigenvalue weighted by molar-refractivity contribution is 5.94. The van der Waals surface area contributed by atoms with Crippen LogP contribution in [0.15, 0.2) is 91.6 Å². The zero-order valence-electron chi connectivity index (χ0n) is 19.1. The van der Waals surface area contributed by atoms with Gasteiger partial charge in [-0.1, -0.05) is 30.3 Å². The Labute approximate surface area is 198 Å². The van der Waals surface area contributed by atoms with Crippen LogP contribution in [0.5, 0.6) is 0 Å².